The molecule has 2 aromatic carbocycles. The molecule has 1 aliphatic carbocycles. The minimum absolute atomic E-state index is 0.209. The van der Waals surface area contributed by atoms with Gasteiger partial charge in [-0.3, -0.25) is 0 Å². The Hall–Kier alpha value is -2.55. The molecule has 2 aliphatic rings. The fourth-order valence-corrected chi connectivity index (χ4v) is 4.34. The second-order valence-corrected chi connectivity index (χ2v) is 7.08. The molecule has 3 heteroatoms. The van der Waals surface area contributed by atoms with E-state index in [0.717, 1.165) is 24.1 Å². The summed E-state index contributed by atoms with van der Waals surface area (Å²) in [5.74, 6) is -0.0289. The Labute approximate surface area is 148 Å². The van der Waals surface area contributed by atoms with Gasteiger partial charge in [0.25, 0.3) is 0 Å². The number of aryl methyl sites for hydroxylation is 1. The van der Waals surface area contributed by atoms with E-state index >= 15 is 0 Å². The number of aromatic carboxylic acids is 1. The highest BCUT2D eigenvalue weighted by Gasteiger charge is 2.38. The van der Waals surface area contributed by atoms with Crippen molar-refractivity contribution in [2.24, 2.45) is 5.92 Å². The predicted octanol–water partition coefficient (Wildman–Crippen LogP) is 5.08. The zero-order valence-corrected chi connectivity index (χ0v) is 14.6. The first-order valence-corrected chi connectivity index (χ1v) is 8.99. The molecule has 0 unspecified atom stereocenters. The zero-order chi connectivity index (χ0) is 17.6. The Bertz CT molecular complexity index is 851. The van der Waals surface area contributed by atoms with Gasteiger partial charge in [0.15, 0.2) is 0 Å². The standard InChI is InChI=1S/C22H23NO2/c1-3-14-7-9-15(10-8-14)21-18-6-4-5-17(18)19-12-11-16(22(24)25)13(2)20(19)23-21/h4-5,7-12,17-18,21,23H,3,6H2,1-2H3,(H,24,25)/t17-,18+,21-/m0/s1. The maximum Gasteiger partial charge on any atom is 0.336 e. The minimum Gasteiger partial charge on any atom is -0.478 e. The molecule has 0 spiro atoms. The second kappa shape index (κ2) is 6.07. The average molecular weight is 333 g/mol. The number of rotatable bonds is 3. The number of benzene rings is 2. The molecule has 128 valence electrons. The third-order valence-electron chi connectivity index (χ3n) is 5.77. The topological polar surface area (TPSA) is 49.3 Å². The van der Waals surface area contributed by atoms with E-state index < -0.39 is 5.97 Å². The molecule has 0 fully saturated rings. The molecule has 0 amide bonds. The van der Waals surface area contributed by atoms with Crippen molar-refractivity contribution in [2.75, 3.05) is 5.32 Å². The molecular formula is C22H23NO2. The number of hydrogen-bond acceptors (Lipinski definition) is 2. The number of carbonyl (C=O) groups is 1. The monoisotopic (exact) mass is 333 g/mol. The predicted molar refractivity (Wildman–Crippen MR) is 100 cm³/mol. The van der Waals surface area contributed by atoms with E-state index in [-0.39, 0.29) is 6.04 Å². The van der Waals surface area contributed by atoms with Crippen LogP contribution < -0.4 is 5.32 Å². The van der Waals surface area contributed by atoms with Gasteiger partial charge in [-0.1, -0.05) is 49.4 Å². The molecule has 3 nitrogen and oxygen atoms in total. The van der Waals surface area contributed by atoms with Crippen molar-refractivity contribution in [2.45, 2.75) is 38.6 Å². The number of anilines is 1. The molecule has 4 rings (SSSR count). The molecule has 0 aromatic heterocycles. The number of nitrogens with one attached hydrogen (secondary N) is 1. The summed E-state index contributed by atoms with van der Waals surface area (Å²) in [5, 5.41) is 13.1. The van der Waals surface area contributed by atoms with Crippen LogP contribution in [0.4, 0.5) is 5.69 Å². The quantitative estimate of drug-likeness (QED) is 0.770. The van der Waals surface area contributed by atoms with Gasteiger partial charge in [0, 0.05) is 11.6 Å². The van der Waals surface area contributed by atoms with Crippen molar-refractivity contribution in [3.63, 3.8) is 0 Å². The lowest BCUT2D eigenvalue weighted by atomic mass is 9.76. The fourth-order valence-electron chi connectivity index (χ4n) is 4.34. The third-order valence-corrected chi connectivity index (χ3v) is 5.77. The van der Waals surface area contributed by atoms with Crippen molar-refractivity contribution >= 4 is 11.7 Å². The molecule has 2 aromatic rings. The summed E-state index contributed by atoms with van der Waals surface area (Å²) in [4.78, 5) is 11.5. The van der Waals surface area contributed by atoms with Gasteiger partial charge in [-0.2, -0.15) is 0 Å². The summed E-state index contributed by atoms with van der Waals surface area (Å²) in [6, 6.07) is 12.8. The summed E-state index contributed by atoms with van der Waals surface area (Å²) in [7, 11) is 0. The first-order chi connectivity index (χ1) is 12.1. The SMILES string of the molecule is CCc1ccc([C@@H]2Nc3c(ccc(C(=O)O)c3C)[C@H]3C=CC[C@H]32)cc1. The summed E-state index contributed by atoms with van der Waals surface area (Å²) < 4.78 is 0. The van der Waals surface area contributed by atoms with E-state index in [1.807, 2.05) is 13.0 Å². The van der Waals surface area contributed by atoms with Crippen molar-refractivity contribution in [1.82, 2.24) is 0 Å². The minimum atomic E-state index is -0.866. The van der Waals surface area contributed by atoms with Crippen LogP contribution in [-0.2, 0) is 6.42 Å². The van der Waals surface area contributed by atoms with E-state index in [1.54, 1.807) is 6.07 Å². The normalized spacial score (nSPS) is 23.7. The molecule has 0 bridgehead atoms. The summed E-state index contributed by atoms with van der Waals surface area (Å²) in [5.41, 5.74) is 6.05. The van der Waals surface area contributed by atoms with E-state index in [4.69, 9.17) is 0 Å². The molecule has 1 heterocycles. The second-order valence-electron chi connectivity index (χ2n) is 7.08. The lowest BCUT2D eigenvalue weighted by molar-refractivity contribution is 0.0696. The number of allylic oxidation sites excluding steroid dienone is 2. The van der Waals surface area contributed by atoms with Crippen LogP contribution in [0, 0.1) is 12.8 Å². The molecule has 0 saturated heterocycles. The number of fused-ring (bicyclic) bond motifs is 3. The molecule has 25 heavy (non-hydrogen) atoms. The molecule has 3 atom stereocenters. The lowest BCUT2D eigenvalue weighted by Gasteiger charge is -2.38. The van der Waals surface area contributed by atoms with Crippen LogP contribution in [0.3, 0.4) is 0 Å². The Morgan fingerprint density at radius 3 is 2.64 bits per heavy atom. The van der Waals surface area contributed by atoms with Gasteiger partial charge >= 0.3 is 5.97 Å². The zero-order valence-electron chi connectivity index (χ0n) is 14.6. The van der Waals surface area contributed by atoms with Gasteiger partial charge in [-0.25, -0.2) is 4.79 Å². The van der Waals surface area contributed by atoms with Crippen LogP contribution in [0.15, 0.2) is 48.6 Å². The summed E-state index contributed by atoms with van der Waals surface area (Å²) >= 11 is 0. The highest BCUT2D eigenvalue weighted by molar-refractivity contribution is 5.92. The first-order valence-electron chi connectivity index (χ1n) is 8.99. The Balaban J connectivity index is 1.79. The number of carboxylic acid groups (broad SMARTS) is 1. The molecule has 1 aliphatic heterocycles. The fraction of sp³-hybridized carbons (Fsp3) is 0.318. The summed E-state index contributed by atoms with van der Waals surface area (Å²) in [6.45, 7) is 4.07. The van der Waals surface area contributed by atoms with Crippen molar-refractivity contribution < 1.29 is 9.90 Å². The first kappa shape index (κ1) is 15.9. The van der Waals surface area contributed by atoms with Gasteiger partial charge in [0.05, 0.1) is 11.6 Å². The molecule has 2 N–H and O–H groups in total. The van der Waals surface area contributed by atoms with Crippen LogP contribution in [0.1, 0.15) is 57.9 Å². The Morgan fingerprint density at radius 1 is 1.20 bits per heavy atom. The Morgan fingerprint density at radius 2 is 1.96 bits per heavy atom. The molecule has 0 radical (unpaired) electrons. The van der Waals surface area contributed by atoms with Crippen molar-refractivity contribution in [3.8, 4) is 0 Å². The van der Waals surface area contributed by atoms with Crippen LogP contribution in [0.25, 0.3) is 0 Å². The Kier molecular flexibility index (Phi) is 3.87. The van der Waals surface area contributed by atoms with Crippen molar-refractivity contribution in [1.29, 1.82) is 0 Å². The van der Waals surface area contributed by atoms with Gasteiger partial charge in [-0.15, -0.1) is 0 Å². The maximum absolute atomic E-state index is 11.5. The number of hydrogen-bond donors (Lipinski definition) is 2. The van der Waals surface area contributed by atoms with Crippen molar-refractivity contribution in [3.05, 3.63) is 76.4 Å². The van der Waals surface area contributed by atoms with Crippen LogP contribution in [0.2, 0.25) is 0 Å². The number of carboxylic acids is 1. The third kappa shape index (κ3) is 2.55. The average Bonchev–Trinajstić information content (AvgIpc) is 3.11. The lowest BCUT2D eigenvalue weighted by Crippen LogP contribution is -2.30. The highest BCUT2D eigenvalue weighted by atomic mass is 16.4. The van der Waals surface area contributed by atoms with E-state index in [9.17, 15) is 9.90 Å². The van der Waals surface area contributed by atoms with E-state index in [2.05, 4.69) is 48.7 Å². The molecule has 0 saturated carbocycles. The van der Waals surface area contributed by atoms with E-state index in [1.165, 1.54) is 16.7 Å². The highest BCUT2D eigenvalue weighted by Crippen LogP contribution is 2.50. The van der Waals surface area contributed by atoms with Crippen LogP contribution in [-0.4, -0.2) is 11.1 Å². The molecular weight excluding hydrogens is 310 g/mol. The largest absolute Gasteiger partial charge is 0.478 e. The van der Waals surface area contributed by atoms with Gasteiger partial charge in [0.2, 0.25) is 0 Å². The maximum atomic E-state index is 11.5. The van der Waals surface area contributed by atoms with Gasteiger partial charge in [0.1, 0.15) is 0 Å². The van der Waals surface area contributed by atoms with Gasteiger partial charge in [-0.05, 0) is 54.0 Å². The van der Waals surface area contributed by atoms with Gasteiger partial charge < -0.3 is 10.4 Å². The smallest absolute Gasteiger partial charge is 0.336 e. The van der Waals surface area contributed by atoms with Crippen LogP contribution in [0.5, 0.6) is 0 Å². The summed E-state index contributed by atoms with van der Waals surface area (Å²) in [6.07, 6.45) is 6.64. The van der Waals surface area contributed by atoms with E-state index in [0.29, 0.717) is 17.4 Å². The van der Waals surface area contributed by atoms with Crippen LogP contribution >= 0.6 is 0 Å².